The zero-order valence-corrected chi connectivity index (χ0v) is 10.1. The Morgan fingerprint density at radius 2 is 2.41 bits per heavy atom. The third kappa shape index (κ3) is 3.33. The summed E-state index contributed by atoms with van der Waals surface area (Å²) in [7, 11) is 1.48. The second-order valence-corrected chi connectivity index (χ2v) is 4.44. The molecule has 1 aliphatic heterocycles. The first-order valence-electron chi connectivity index (χ1n) is 6.07. The van der Waals surface area contributed by atoms with Crippen molar-refractivity contribution in [2.45, 2.75) is 12.8 Å². The molecule has 94 valence electrons. The van der Waals surface area contributed by atoms with Crippen molar-refractivity contribution in [3.05, 3.63) is 24.0 Å². The molecule has 1 atom stereocenters. The zero-order chi connectivity index (χ0) is 12.1. The molecule has 3 nitrogen and oxygen atoms in total. The quantitative estimate of drug-likeness (QED) is 0.844. The van der Waals surface area contributed by atoms with Crippen molar-refractivity contribution in [3.8, 4) is 5.75 Å². The Morgan fingerprint density at radius 1 is 1.53 bits per heavy atom. The van der Waals surface area contributed by atoms with Crippen LogP contribution < -0.4 is 15.4 Å². The highest BCUT2D eigenvalue weighted by atomic mass is 19.1. The van der Waals surface area contributed by atoms with E-state index in [1.807, 2.05) is 0 Å². The largest absolute Gasteiger partial charge is 0.494 e. The Balaban J connectivity index is 1.89. The van der Waals surface area contributed by atoms with Crippen molar-refractivity contribution in [2.24, 2.45) is 5.92 Å². The van der Waals surface area contributed by atoms with Gasteiger partial charge in [-0.3, -0.25) is 0 Å². The second-order valence-electron chi connectivity index (χ2n) is 4.44. The van der Waals surface area contributed by atoms with Crippen LogP contribution in [0.5, 0.6) is 5.75 Å². The van der Waals surface area contributed by atoms with Gasteiger partial charge in [0.15, 0.2) is 11.6 Å². The highest BCUT2D eigenvalue weighted by molar-refractivity contribution is 5.48. The first-order chi connectivity index (χ1) is 8.29. The minimum absolute atomic E-state index is 0.289. The van der Waals surface area contributed by atoms with E-state index < -0.39 is 0 Å². The molecule has 17 heavy (non-hydrogen) atoms. The van der Waals surface area contributed by atoms with Gasteiger partial charge in [-0.15, -0.1) is 0 Å². The van der Waals surface area contributed by atoms with E-state index in [9.17, 15) is 4.39 Å². The van der Waals surface area contributed by atoms with Crippen LogP contribution in [0.15, 0.2) is 18.2 Å². The normalized spacial score (nSPS) is 20.0. The van der Waals surface area contributed by atoms with Gasteiger partial charge < -0.3 is 15.4 Å². The summed E-state index contributed by atoms with van der Waals surface area (Å²) in [6, 6.07) is 4.87. The summed E-state index contributed by atoms with van der Waals surface area (Å²) in [5.41, 5.74) is 0.911. The van der Waals surface area contributed by atoms with Crippen LogP contribution in [0.2, 0.25) is 0 Å². The van der Waals surface area contributed by atoms with Gasteiger partial charge in [-0.25, -0.2) is 4.39 Å². The van der Waals surface area contributed by atoms with Crippen molar-refractivity contribution < 1.29 is 9.13 Å². The smallest absolute Gasteiger partial charge is 0.165 e. The minimum Gasteiger partial charge on any atom is -0.494 e. The molecule has 0 radical (unpaired) electrons. The highest BCUT2D eigenvalue weighted by Gasteiger charge is 2.12. The molecule has 2 N–H and O–H groups in total. The van der Waals surface area contributed by atoms with Gasteiger partial charge in [0.05, 0.1) is 7.11 Å². The summed E-state index contributed by atoms with van der Waals surface area (Å²) < 4.78 is 18.2. The average molecular weight is 238 g/mol. The molecule has 0 spiro atoms. The summed E-state index contributed by atoms with van der Waals surface area (Å²) in [5.74, 6) is 0.619. The maximum Gasteiger partial charge on any atom is 0.165 e. The Labute approximate surface area is 101 Å². The maximum absolute atomic E-state index is 13.2. The van der Waals surface area contributed by atoms with Crippen LogP contribution in [0.4, 0.5) is 10.1 Å². The summed E-state index contributed by atoms with van der Waals surface area (Å²) >= 11 is 0. The monoisotopic (exact) mass is 238 g/mol. The predicted molar refractivity (Wildman–Crippen MR) is 67.0 cm³/mol. The number of ether oxygens (including phenoxy) is 1. The summed E-state index contributed by atoms with van der Waals surface area (Å²) in [6.45, 7) is 3.11. The predicted octanol–water partition coefficient (Wildman–Crippen LogP) is 2.25. The van der Waals surface area contributed by atoms with Crippen LogP contribution >= 0.6 is 0 Å². The Hall–Kier alpha value is -1.29. The van der Waals surface area contributed by atoms with Crippen molar-refractivity contribution in [1.82, 2.24) is 5.32 Å². The molecule has 1 aromatic carbocycles. The van der Waals surface area contributed by atoms with E-state index in [1.54, 1.807) is 12.1 Å². The number of methoxy groups -OCH3 is 1. The van der Waals surface area contributed by atoms with E-state index >= 15 is 0 Å². The van der Waals surface area contributed by atoms with Crippen LogP contribution in [0.1, 0.15) is 12.8 Å². The third-order valence-electron chi connectivity index (χ3n) is 3.14. The van der Waals surface area contributed by atoms with Gasteiger partial charge >= 0.3 is 0 Å². The molecular weight excluding hydrogens is 219 g/mol. The number of halogens is 1. The Bertz CT molecular complexity index is 364. The van der Waals surface area contributed by atoms with Gasteiger partial charge in [-0.05, 0) is 44.0 Å². The van der Waals surface area contributed by atoms with E-state index in [4.69, 9.17) is 4.74 Å². The standard InChI is InChI=1S/C13H19FN2O/c1-17-13-7-11(4-5-12(13)14)16-9-10-3-2-6-15-8-10/h4-5,7,10,15-16H,2-3,6,8-9H2,1H3. The Morgan fingerprint density at radius 3 is 3.12 bits per heavy atom. The van der Waals surface area contributed by atoms with Gasteiger partial charge in [0, 0.05) is 18.3 Å². The molecule has 0 aliphatic carbocycles. The molecule has 1 unspecified atom stereocenters. The molecule has 2 rings (SSSR count). The van der Waals surface area contributed by atoms with Gasteiger partial charge in [-0.2, -0.15) is 0 Å². The molecule has 0 saturated carbocycles. The molecule has 1 saturated heterocycles. The number of hydrogen-bond donors (Lipinski definition) is 2. The molecule has 0 bridgehead atoms. The van der Waals surface area contributed by atoms with Crippen LogP contribution in [-0.2, 0) is 0 Å². The lowest BCUT2D eigenvalue weighted by Crippen LogP contribution is -2.33. The van der Waals surface area contributed by atoms with Crippen LogP contribution in [0.25, 0.3) is 0 Å². The molecule has 1 aliphatic rings. The van der Waals surface area contributed by atoms with Crippen LogP contribution in [-0.4, -0.2) is 26.7 Å². The van der Waals surface area contributed by atoms with E-state index in [0.29, 0.717) is 5.92 Å². The summed E-state index contributed by atoms with van der Waals surface area (Å²) in [6.07, 6.45) is 2.48. The lowest BCUT2D eigenvalue weighted by atomic mass is 10.00. The van der Waals surface area contributed by atoms with Gasteiger partial charge in [0.2, 0.25) is 0 Å². The zero-order valence-electron chi connectivity index (χ0n) is 10.1. The van der Waals surface area contributed by atoms with E-state index in [0.717, 1.165) is 25.3 Å². The summed E-state index contributed by atoms with van der Waals surface area (Å²) in [4.78, 5) is 0. The number of nitrogens with one attached hydrogen (secondary N) is 2. The van der Waals surface area contributed by atoms with E-state index in [-0.39, 0.29) is 11.6 Å². The number of benzene rings is 1. The molecule has 0 aromatic heterocycles. The fourth-order valence-corrected chi connectivity index (χ4v) is 2.13. The van der Waals surface area contributed by atoms with Gasteiger partial charge in [0.1, 0.15) is 0 Å². The van der Waals surface area contributed by atoms with Crippen LogP contribution in [0, 0.1) is 11.7 Å². The van der Waals surface area contributed by atoms with Crippen molar-refractivity contribution >= 4 is 5.69 Å². The molecular formula is C13H19FN2O. The molecule has 1 heterocycles. The second kappa shape index (κ2) is 5.87. The first kappa shape index (κ1) is 12.2. The fraction of sp³-hybridized carbons (Fsp3) is 0.538. The highest BCUT2D eigenvalue weighted by Crippen LogP contribution is 2.22. The van der Waals surface area contributed by atoms with Gasteiger partial charge in [0.25, 0.3) is 0 Å². The van der Waals surface area contributed by atoms with E-state index in [1.165, 1.54) is 26.0 Å². The van der Waals surface area contributed by atoms with Crippen molar-refractivity contribution in [2.75, 3.05) is 32.1 Å². The number of anilines is 1. The molecule has 1 aromatic rings. The maximum atomic E-state index is 13.2. The van der Waals surface area contributed by atoms with Crippen molar-refractivity contribution in [1.29, 1.82) is 0 Å². The topological polar surface area (TPSA) is 33.3 Å². The van der Waals surface area contributed by atoms with Gasteiger partial charge in [-0.1, -0.05) is 0 Å². The number of rotatable bonds is 4. The van der Waals surface area contributed by atoms with Crippen molar-refractivity contribution in [3.63, 3.8) is 0 Å². The SMILES string of the molecule is COc1cc(NCC2CCCNC2)ccc1F. The number of piperidine rings is 1. The fourth-order valence-electron chi connectivity index (χ4n) is 2.13. The summed E-state index contributed by atoms with van der Waals surface area (Å²) in [5, 5.41) is 6.71. The third-order valence-corrected chi connectivity index (χ3v) is 3.14. The van der Waals surface area contributed by atoms with Crippen LogP contribution in [0.3, 0.4) is 0 Å². The average Bonchev–Trinajstić information content (AvgIpc) is 2.39. The lowest BCUT2D eigenvalue weighted by Gasteiger charge is -2.23. The minimum atomic E-state index is -0.322. The first-order valence-corrected chi connectivity index (χ1v) is 6.07. The lowest BCUT2D eigenvalue weighted by molar-refractivity contribution is 0.385. The van der Waals surface area contributed by atoms with E-state index in [2.05, 4.69) is 10.6 Å². The molecule has 0 amide bonds. The number of hydrogen-bond acceptors (Lipinski definition) is 3. The Kier molecular flexibility index (Phi) is 4.20. The molecule has 1 fully saturated rings. The molecule has 4 heteroatoms.